The first-order valence-electron chi connectivity index (χ1n) is 6.62. The Morgan fingerprint density at radius 2 is 1.84 bits per heavy atom. The van der Waals surface area contributed by atoms with Crippen molar-refractivity contribution in [2.75, 3.05) is 33.2 Å². The molecular formula is C13H29Cl2N3O. The normalized spacial score (nSPS) is 17.3. The lowest BCUT2D eigenvalue weighted by Crippen LogP contribution is -2.42. The van der Waals surface area contributed by atoms with Crippen molar-refractivity contribution >= 4 is 30.7 Å². The minimum Gasteiger partial charge on any atom is -0.356 e. The average molecular weight is 314 g/mol. The van der Waals surface area contributed by atoms with E-state index in [9.17, 15) is 4.79 Å². The maximum absolute atomic E-state index is 11.8. The Labute approximate surface area is 129 Å². The predicted molar refractivity (Wildman–Crippen MR) is 85.2 cm³/mol. The van der Waals surface area contributed by atoms with Gasteiger partial charge in [-0.2, -0.15) is 0 Å². The summed E-state index contributed by atoms with van der Waals surface area (Å²) in [6, 6.07) is 0. The van der Waals surface area contributed by atoms with Gasteiger partial charge < -0.3 is 16.0 Å². The lowest BCUT2D eigenvalue weighted by Gasteiger charge is -2.29. The number of amides is 1. The van der Waals surface area contributed by atoms with Crippen LogP contribution >= 0.6 is 24.8 Å². The number of carbonyl (C=O) groups is 1. The molecule has 4 nitrogen and oxygen atoms in total. The highest BCUT2D eigenvalue weighted by atomic mass is 35.5. The van der Waals surface area contributed by atoms with Crippen LogP contribution in [0.15, 0.2) is 0 Å². The van der Waals surface area contributed by atoms with E-state index >= 15 is 0 Å². The van der Waals surface area contributed by atoms with Crippen LogP contribution in [0, 0.1) is 11.3 Å². The highest BCUT2D eigenvalue weighted by molar-refractivity contribution is 5.85. The van der Waals surface area contributed by atoms with Crippen molar-refractivity contribution < 1.29 is 4.79 Å². The number of likely N-dealkylation sites (tertiary alicyclic amines) is 1. The summed E-state index contributed by atoms with van der Waals surface area (Å²) in [6.45, 7) is 7.33. The zero-order chi connectivity index (χ0) is 12.9. The molecule has 3 N–H and O–H groups in total. The molecule has 1 saturated heterocycles. The minimum atomic E-state index is -0.438. The number of hydrogen-bond acceptors (Lipinski definition) is 3. The molecule has 0 bridgehead atoms. The Hall–Kier alpha value is -0.0300. The Kier molecular flexibility index (Phi) is 11.0. The fourth-order valence-electron chi connectivity index (χ4n) is 2.07. The third kappa shape index (κ3) is 7.35. The first kappa shape index (κ1) is 21.3. The van der Waals surface area contributed by atoms with Gasteiger partial charge in [-0.25, -0.2) is 0 Å². The summed E-state index contributed by atoms with van der Waals surface area (Å²) in [6.07, 6.45) is 3.61. The van der Waals surface area contributed by atoms with E-state index in [0.29, 0.717) is 6.54 Å². The van der Waals surface area contributed by atoms with Crippen LogP contribution in [0.25, 0.3) is 0 Å². The molecule has 19 heavy (non-hydrogen) atoms. The smallest absolute Gasteiger partial charge is 0.226 e. The minimum absolute atomic E-state index is 0. The molecular weight excluding hydrogens is 285 g/mol. The van der Waals surface area contributed by atoms with Gasteiger partial charge in [0, 0.05) is 13.1 Å². The van der Waals surface area contributed by atoms with Crippen LogP contribution in [0.2, 0.25) is 0 Å². The maximum atomic E-state index is 11.8. The number of nitrogens with two attached hydrogens (primary N) is 1. The van der Waals surface area contributed by atoms with Crippen LogP contribution in [0.5, 0.6) is 0 Å². The van der Waals surface area contributed by atoms with Gasteiger partial charge in [-0.05, 0) is 59.2 Å². The number of hydrogen-bond donors (Lipinski definition) is 2. The molecule has 1 heterocycles. The lowest BCUT2D eigenvalue weighted by atomic mass is 9.91. The molecule has 0 aliphatic carbocycles. The fraction of sp³-hybridized carbons (Fsp3) is 0.923. The molecule has 1 aliphatic rings. The summed E-state index contributed by atoms with van der Waals surface area (Å²) >= 11 is 0. The summed E-state index contributed by atoms with van der Waals surface area (Å²) in [4.78, 5) is 14.2. The molecule has 1 aliphatic heterocycles. The number of nitrogens with zero attached hydrogens (tertiary/aromatic N) is 1. The summed E-state index contributed by atoms with van der Waals surface area (Å²) < 4.78 is 0. The molecule has 0 unspecified atom stereocenters. The van der Waals surface area contributed by atoms with Crippen LogP contribution in [0.4, 0.5) is 0 Å². The molecule has 1 rings (SSSR count). The highest BCUT2D eigenvalue weighted by Gasteiger charge is 2.25. The highest BCUT2D eigenvalue weighted by Crippen LogP contribution is 2.19. The topological polar surface area (TPSA) is 58.4 Å². The third-order valence-electron chi connectivity index (χ3n) is 3.80. The van der Waals surface area contributed by atoms with Crippen molar-refractivity contribution in [2.45, 2.75) is 33.1 Å². The first-order valence-corrected chi connectivity index (χ1v) is 6.62. The van der Waals surface area contributed by atoms with E-state index in [1.54, 1.807) is 0 Å². The van der Waals surface area contributed by atoms with Gasteiger partial charge in [0.1, 0.15) is 0 Å². The fourth-order valence-corrected chi connectivity index (χ4v) is 2.07. The molecule has 116 valence electrons. The quantitative estimate of drug-likeness (QED) is 0.811. The second-order valence-electron chi connectivity index (χ2n) is 5.88. The second kappa shape index (κ2) is 9.81. The summed E-state index contributed by atoms with van der Waals surface area (Å²) in [7, 11) is 2.17. The van der Waals surface area contributed by atoms with Crippen molar-refractivity contribution in [3.05, 3.63) is 0 Å². The number of carbonyl (C=O) groups excluding carboxylic acids is 1. The van der Waals surface area contributed by atoms with Crippen LogP contribution in [-0.4, -0.2) is 44.0 Å². The number of nitrogens with one attached hydrogen (secondary N) is 1. The summed E-state index contributed by atoms with van der Waals surface area (Å²) in [5.74, 6) is 0.848. The molecule has 0 radical (unpaired) electrons. The molecule has 6 heteroatoms. The molecule has 1 amide bonds. The monoisotopic (exact) mass is 313 g/mol. The van der Waals surface area contributed by atoms with Gasteiger partial charge in [-0.15, -0.1) is 24.8 Å². The van der Waals surface area contributed by atoms with Crippen molar-refractivity contribution in [2.24, 2.45) is 17.1 Å². The number of piperidine rings is 1. The standard InChI is InChI=1S/C13H27N3O.2ClH/c1-13(2,10-14)12(17)15-7-4-11-5-8-16(3)9-6-11;;/h11H,4-10,14H2,1-3H3,(H,15,17);2*1H. The predicted octanol–water partition coefficient (Wildman–Crippen LogP) is 1.66. The van der Waals surface area contributed by atoms with E-state index in [1.807, 2.05) is 13.8 Å². The van der Waals surface area contributed by atoms with Crippen LogP contribution in [-0.2, 0) is 4.79 Å². The van der Waals surface area contributed by atoms with Crippen LogP contribution < -0.4 is 11.1 Å². The first-order chi connectivity index (χ1) is 7.95. The summed E-state index contributed by atoms with van der Waals surface area (Å²) in [5.41, 5.74) is 5.13. The molecule has 0 saturated carbocycles. The Bertz CT molecular complexity index is 254. The number of halogens is 2. The van der Waals surface area contributed by atoms with Crippen molar-refractivity contribution in [1.82, 2.24) is 10.2 Å². The largest absolute Gasteiger partial charge is 0.356 e. The van der Waals surface area contributed by atoms with E-state index in [0.717, 1.165) is 18.9 Å². The van der Waals surface area contributed by atoms with E-state index in [2.05, 4.69) is 17.3 Å². The zero-order valence-corrected chi connectivity index (χ0v) is 13.9. The van der Waals surface area contributed by atoms with E-state index in [4.69, 9.17) is 5.73 Å². The average Bonchev–Trinajstić information content (AvgIpc) is 2.31. The molecule has 0 aromatic rings. The Morgan fingerprint density at radius 1 is 1.32 bits per heavy atom. The maximum Gasteiger partial charge on any atom is 0.226 e. The summed E-state index contributed by atoms with van der Waals surface area (Å²) in [5, 5.41) is 3.00. The van der Waals surface area contributed by atoms with E-state index in [1.165, 1.54) is 25.9 Å². The van der Waals surface area contributed by atoms with Gasteiger partial charge in [0.25, 0.3) is 0 Å². The Balaban J connectivity index is 0. The number of rotatable bonds is 5. The van der Waals surface area contributed by atoms with Gasteiger partial charge in [0.15, 0.2) is 0 Å². The zero-order valence-electron chi connectivity index (χ0n) is 12.3. The molecule has 0 spiro atoms. The molecule has 0 aromatic carbocycles. The van der Waals surface area contributed by atoms with Gasteiger partial charge >= 0.3 is 0 Å². The van der Waals surface area contributed by atoms with Gasteiger partial charge in [-0.3, -0.25) is 4.79 Å². The van der Waals surface area contributed by atoms with Crippen LogP contribution in [0.3, 0.4) is 0 Å². The van der Waals surface area contributed by atoms with Crippen molar-refractivity contribution in [3.8, 4) is 0 Å². The van der Waals surface area contributed by atoms with Crippen molar-refractivity contribution in [3.63, 3.8) is 0 Å². The SMILES string of the molecule is CN1CCC(CCNC(=O)C(C)(C)CN)CC1.Cl.Cl. The van der Waals surface area contributed by atoms with Crippen molar-refractivity contribution in [1.29, 1.82) is 0 Å². The van der Waals surface area contributed by atoms with Crippen LogP contribution in [0.1, 0.15) is 33.1 Å². The molecule has 0 atom stereocenters. The third-order valence-corrected chi connectivity index (χ3v) is 3.80. The molecule has 0 aromatic heterocycles. The van der Waals surface area contributed by atoms with E-state index in [-0.39, 0.29) is 30.7 Å². The van der Waals surface area contributed by atoms with E-state index < -0.39 is 5.41 Å². The van der Waals surface area contributed by atoms with Gasteiger partial charge in [0.2, 0.25) is 5.91 Å². The molecule has 1 fully saturated rings. The Morgan fingerprint density at radius 3 is 2.32 bits per heavy atom. The van der Waals surface area contributed by atoms with Gasteiger partial charge in [0.05, 0.1) is 5.41 Å². The second-order valence-corrected chi connectivity index (χ2v) is 5.88. The van der Waals surface area contributed by atoms with Gasteiger partial charge in [-0.1, -0.05) is 0 Å². The lowest BCUT2D eigenvalue weighted by molar-refractivity contribution is -0.128.